The van der Waals surface area contributed by atoms with Crippen LogP contribution < -0.4 is 10.0 Å². The highest BCUT2D eigenvalue weighted by molar-refractivity contribution is 7.92. The molecule has 2 rings (SSSR count). The molecule has 0 aliphatic rings. The van der Waals surface area contributed by atoms with Crippen LogP contribution in [0.25, 0.3) is 0 Å². The minimum absolute atomic E-state index is 0.158. The first kappa shape index (κ1) is 22.2. The van der Waals surface area contributed by atoms with Gasteiger partial charge in [-0.2, -0.15) is 0 Å². The Morgan fingerprint density at radius 1 is 1.11 bits per heavy atom. The summed E-state index contributed by atoms with van der Waals surface area (Å²) in [6, 6.07) is 12.6. The maximum Gasteiger partial charge on any atom is 0.261 e. The lowest BCUT2D eigenvalue weighted by Gasteiger charge is -2.16. The number of rotatable bonds is 10. The molecule has 0 aromatic heterocycles. The molecule has 0 radical (unpaired) electrons. The van der Waals surface area contributed by atoms with Gasteiger partial charge in [0, 0.05) is 6.54 Å². The largest absolute Gasteiger partial charge is 0.352 e. The van der Waals surface area contributed by atoms with Gasteiger partial charge in [0.1, 0.15) is 0 Å². The molecule has 1 unspecified atom stereocenters. The number of hydrogen-bond acceptors (Lipinski definition) is 3. The molecule has 0 saturated carbocycles. The fourth-order valence-electron chi connectivity index (χ4n) is 2.85. The van der Waals surface area contributed by atoms with Crippen molar-refractivity contribution in [2.45, 2.75) is 44.4 Å². The second-order valence-corrected chi connectivity index (χ2v) is 8.83. The van der Waals surface area contributed by atoms with Gasteiger partial charge in [-0.15, -0.1) is 0 Å². The first-order valence-corrected chi connectivity index (χ1v) is 11.4. The van der Waals surface area contributed by atoms with Crippen molar-refractivity contribution < 1.29 is 13.2 Å². The summed E-state index contributed by atoms with van der Waals surface area (Å²) in [6.45, 7) is 4.87. The van der Waals surface area contributed by atoms with Gasteiger partial charge in [-0.25, -0.2) is 8.42 Å². The fraction of sp³-hybridized carbons (Fsp3) is 0.381. The number of unbranched alkanes of at least 4 members (excludes halogenated alkanes) is 1. The molecule has 2 aromatic carbocycles. The molecular formula is C21H27ClN2O3S. The van der Waals surface area contributed by atoms with Gasteiger partial charge in [0.15, 0.2) is 0 Å². The smallest absolute Gasteiger partial charge is 0.261 e. The molecular weight excluding hydrogens is 396 g/mol. The molecule has 0 aliphatic carbocycles. The first-order valence-electron chi connectivity index (χ1n) is 9.53. The van der Waals surface area contributed by atoms with Crippen LogP contribution in [-0.4, -0.2) is 20.9 Å². The molecule has 152 valence electrons. The van der Waals surface area contributed by atoms with E-state index in [9.17, 15) is 13.2 Å². The normalized spacial score (nSPS) is 12.4. The maximum atomic E-state index is 12.4. The van der Waals surface area contributed by atoms with Crippen LogP contribution in [-0.2, 0) is 10.0 Å². The lowest BCUT2D eigenvalue weighted by molar-refractivity contribution is 0.0946. The number of halogens is 1. The van der Waals surface area contributed by atoms with E-state index in [4.69, 9.17) is 11.6 Å². The molecule has 0 spiro atoms. The summed E-state index contributed by atoms with van der Waals surface area (Å²) in [4.78, 5) is 12.6. The zero-order valence-corrected chi connectivity index (χ0v) is 17.8. The lowest BCUT2D eigenvalue weighted by atomic mass is 9.99. The van der Waals surface area contributed by atoms with Gasteiger partial charge >= 0.3 is 0 Å². The number of amides is 1. The Balaban J connectivity index is 2.04. The molecule has 7 heteroatoms. The van der Waals surface area contributed by atoms with Gasteiger partial charge < -0.3 is 5.32 Å². The van der Waals surface area contributed by atoms with Crippen molar-refractivity contribution in [3.05, 3.63) is 59.1 Å². The van der Waals surface area contributed by atoms with Crippen LogP contribution in [0.2, 0.25) is 5.02 Å². The quantitative estimate of drug-likeness (QED) is 0.560. The maximum absolute atomic E-state index is 12.4. The standard InChI is InChI=1S/C21H27ClN2O3S/c1-3-5-9-16(4-2)15-23-21(25)19-13-12-17(14-20(19)22)24-28(26,27)18-10-7-6-8-11-18/h6-8,10-14,16,24H,3-5,9,15H2,1-2H3,(H,23,25). The number of carbonyl (C=O) groups excluding carboxylic acids is 1. The fourth-order valence-corrected chi connectivity index (χ4v) is 4.19. The SMILES string of the molecule is CCCCC(CC)CNC(=O)c1ccc(NS(=O)(=O)c2ccccc2)cc1Cl. The van der Waals surface area contributed by atoms with Crippen LogP contribution in [0.15, 0.2) is 53.4 Å². The lowest BCUT2D eigenvalue weighted by Crippen LogP contribution is -2.29. The summed E-state index contributed by atoms with van der Waals surface area (Å²) in [7, 11) is -3.71. The minimum Gasteiger partial charge on any atom is -0.352 e. The third-order valence-electron chi connectivity index (χ3n) is 4.61. The molecule has 28 heavy (non-hydrogen) atoms. The zero-order chi connectivity index (χ0) is 20.6. The van der Waals surface area contributed by atoms with Crippen LogP contribution in [0, 0.1) is 5.92 Å². The summed E-state index contributed by atoms with van der Waals surface area (Å²) in [6.07, 6.45) is 4.37. The van der Waals surface area contributed by atoms with Gasteiger partial charge in [-0.05, 0) is 42.7 Å². The van der Waals surface area contributed by atoms with E-state index in [-0.39, 0.29) is 15.8 Å². The van der Waals surface area contributed by atoms with Crippen molar-refractivity contribution in [1.82, 2.24) is 5.32 Å². The van der Waals surface area contributed by atoms with E-state index in [0.717, 1.165) is 25.7 Å². The molecule has 1 amide bonds. The van der Waals surface area contributed by atoms with Gasteiger partial charge in [0.25, 0.3) is 15.9 Å². The minimum atomic E-state index is -3.71. The molecule has 0 aliphatic heterocycles. The summed E-state index contributed by atoms with van der Waals surface area (Å²) in [5.41, 5.74) is 0.634. The Morgan fingerprint density at radius 3 is 2.43 bits per heavy atom. The number of benzene rings is 2. The van der Waals surface area contributed by atoms with Crippen molar-refractivity contribution in [3.63, 3.8) is 0 Å². The van der Waals surface area contributed by atoms with Crippen molar-refractivity contribution >= 4 is 33.2 Å². The van der Waals surface area contributed by atoms with E-state index < -0.39 is 10.0 Å². The van der Waals surface area contributed by atoms with Crippen molar-refractivity contribution in [3.8, 4) is 0 Å². The summed E-state index contributed by atoms with van der Waals surface area (Å²) < 4.78 is 27.3. The molecule has 2 N–H and O–H groups in total. The van der Waals surface area contributed by atoms with Crippen molar-refractivity contribution in [2.75, 3.05) is 11.3 Å². The van der Waals surface area contributed by atoms with Gasteiger partial charge in [0.2, 0.25) is 0 Å². The number of sulfonamides is 1. The monoisotopic (exact) mass is 422 g/mol. The molecule has 1 atom stereocenters. The van der Waals surface area contributed by atoms with Crippen molar-refractivity contribution in [2.24, 2.45) is 5.92 Å². The molecule has 0 heterocycles. The molecule has 0 saturated heterocycles. The van der Waals surface area contributed by atoms with Crippen LogP contribution in [0.1, 0.15) is 49.9 Å². The van der Waals surface area contributed by atoms with Crippen LogP contribution in [0.3, 0.4) is 0 Å². The van der Waals surface area contributed by atoms with Crippen LogP contribution in [0.5, 0.6) is 0 Å². The summed E-state index contributed by atoms with van der Waals surface area (Å²) in [5, 5.41) is 3.13. The van der Waals surface area contributed by atoms with E-state index in [0.29, 0.717) is 23.7 Å². The highest BCUT2D eigenvalue weighted by Gasteiger charge is 2.16. The number of nitrogens with one attached hydrogen (secondary N) is 2. The Hall–Kier alpha value is -2.05. The Morgan fingerprint density at radius 2 is 1.82 bits per heavy atom. The third kappa shape index (κ3) is 6.24. The Bertz CT molecular complexity index is 886. The molecule has 2 aromatic rings. The van der Waals surface area contributed by atoms with Gasteiger partial charge in [0.05, 0.1) is 21.2 Å². The predicted molar refractivity (Wildman–Crippen MR) is 114 cm³/mol. The number of hydrogen-bond donors (Lipinski definition) is 2. The van der Waals surface area contributed by atoms with E-state index >= 15 is 0 Å². The van der Waals surface area contributed by atoms with Crippen molar-refractivity contribution in [1.29, 1.82) is 0 Å². The topological polar surface area (TPSA) is 75.3 Å². The van der Waals surface area contributed by atoms with E-state index in [1.54, 1.807) is 18.2 Å². The van der Waals surface area contributed by atoms with E-state index in [1.807, 2.05) is 0 Å². The second-order valence-electron chi connectivity index (χ2n) is 6.74. The highest BCUT2D eigenvalue weighted by atomic mass is 35.5. The summed E-state index contributed by atoms with van der Waals surface area (Å²) >= 11 is 6.24. The zero-order valence-electron chi connectivity index (χ0n) is 16.2. The third-order valence-corrected chi connectivity index (χ3v) is 6.32. The van der Waals surface area contributed by atoms with E-state index in [2.05, 4.69) is 23.9 Å². The molecule has 0 fully saturated rings. The van der Waals surface area contributed by atoms with E-state index in [1.165, 1.54) is 30.3 Å². The van der Waals surface area contributed by atoms with Crippen LogP contribution >= 0.6 is 11.6 Å². The molecule has 0 bridgehead atoms. The number of anilines is 1. The predicted octanol–water partition coefficient (Wildman–Crippen LogP) is 5.09. The van der Waals surface area contributed by atoms with Gasteiger partial charge in [-0.3, -0.25) is 9.52 Å². The Kier molecular flexibility index (Phi) is 8.33. The average Bonchev–Trinajstić information content (AvgIpc) is 2.68. The number of carbonyl (C=O) groups is 1. The molecule has 5 nitrogen and oxygen atoms in total. The highest BCUT2D eigenvalue weighted by Crippen LogP contribution is 2.23. The summed E-state index contributed by atoms with van der Waals surface area (Å²) in [5.74, 6) is 0.192. The Labute approximate surface area is 172 Å². The van der Waals surface area contributed by atoms with Gasteiger partial charge in [-0.1, -0.05) is 62.9 Å². The van der Waals surface area contributed by atoms with Crippen LogP contribution in [0.4, 0.5) is 5.69 Å². The first-order chi connectivity index (χ1) is 13.4. The average molecular weight is 423 g/mol. The second kappa shape index (κ2) is 10.5.